The first-order valence-corrected chi connectivity index (χ1v) is 6.82. The molecule has 2 rings (SSSR count). The fourth-order valence-electron chi connectivity index (χ4n) is 1.37. The molecular formula is C11H12BrN3OS. The van der Waals surface area contributed by atoms with Gasteiger partial charge in [-0.15, -0.1) is 11.3 Å². The Bertz CT molecular complexity index is 515. The lowest BCUT2D eigenvalue weighted by molar-refractivity contribution is 0.128. The highest BCUT2D eigenvalue weighted by Gasteiger charge is 2.09. The molecule has 0 aliphatic carbocycles. The highest BCUT2D eigenvalue weighted by Crippen LogP contribution is 2.32. The Morgan fingerprint density at radius 3 is 2.94 bits per heavy atom. The average molecular weight is 314 g/mol. The number of nitrogens with two attached hydrogens (primary N) is 1. The predicted octanol–water partition coefficient (Wildman–Crippen LogP) is 3.09. The molecule has 0 bridgehead atoms. The highest BCUT2D eigenvalue weighted by atomic mass is 79.9. The van der Waals surface area contributed by atoms with E-state index in [4.69, 9.17) is 10.5 Å². The highest BCUT2D eigenvalue weighted by molar-refractivity contribution is 9.10. The van der Waals surface area contributed by atoms with Crippen molar-refractivity contribution in [1.82, 2.24) is 9.97 Å². The van der Waals surface area contributed by atoms with Gasteiger partial charge >= 0.3 is 0 Å². The topological polar surface area (TPSA) is 61.0 Å². The van der Waals surface area contributed by atoms with E-state index in [1.165, 1.54) is 0 Å². The van der Waals surface area contributed by atoms with Gasteiger partial charge in [-0.3, -0.25) is 0 Å². The molecule has 0 radical (unpaired) electrons. The van der Waals surface area contributed by atoms with E-state index in [2.05, 4.69) is 25.9 Å². The number of hydrogen-bond acceptors (Lipinski definition) is 5. The molecular weight excluding hydrogens is 302 g/mol. The van der Waals surface area contributed by atoms with Crippen LogP contribution < -0.4 is 5.73 Å². The number of anilines is 1. The van der Waals surface area contributed by atoms with Gasteiger partial charge in [-0.1, -0.05) is 0 Å². The molecule has 0 amide bonds. The predicted molar refractivity (Wildman–Crippen MR) is 72.8 cm³/mol. The van der Waals surface area contributed by atoms with Gasteiger partial charge in [0.2, 0.25) is 0 Å². The molecule has 0 aliphatic rings. The van der Waals surface area contributed by atoms with Crippen molar-refractivity contribution < 1.29 is 4.74 Å². The molecule has 17 heavy (non-hydrogen) atoms. The maximum Gasteiger partial charge on any atom is 0.157 e. The summed E-state index contributed by atoms with van der Waals surface area (Å²) < 4.78 is 6.30. The van der Waals surface area contributed by atoms with Gasteiger partial charge in [-0.05, 0) is 34.3 Å². The van der Waals surface area contributed by atoms with E-state index < -0.39 is 0 Å². The van der Waals surface area contributed by atoms with Gasteiger partial charge in [-0.25, -0.2) is 9.97 Å². The smallest absolute Gasteiger partial charge is 0.157 e. The van der Waals surface area contributed by atoms with E-state index in [9.17, 15) is 0 Å². The van der Waals surface area contributed by atoms with E-state index in [1.54, 1.807) is 17.4 Å². The number of halogens is 1. The summed E-state index contributed by atoms with van der Waals surface area (Å²) in [5.41, 5.74) is 6.60. The van der Waals surface area contributed by atoms with Crippen LogP contribution in [0.5, 0.6) is 0 Å². The third-order valence-electron chi connectivity index (χ3n) is 2.08. The average Bonchev–Trinajstić information content (AvgIpc) is 2.72. The van der Waals surface area contributed by atoms with E-state index >= 15 is 0 Å². The molecule has 0 spiro atoms. The molecule has 2 heterocycles. The molecule has 90 valence electrons. The van der Waals surface area contributed by atoms with Gasteiger partial charge in [0.25, 0.3) is 0 Å². The summed E-state index contributed by atoms with van der Waals surface area (Å²) in [6, 6.07) is 3.76. The molecule has 0 fully saturated rings. The van der Waals surface area contributed by atoms with Crippen molar-refractivity contribution in [2.45, 2.75) is 13.5 Å². The van der Waals surface area contributed by atoms with Gasteiger partial charge < -0.3 is 10.5 Å². The van der Waals surface area contributed by atoms with Crippen LogP contribution in [0.1, 0.15) is 12.7 Å². The van der Waals surface area contributed by atoms with Gasteiger partial charge in [-0.2, -0.15) is 0 Å². The second-order valence-corrected chi connectivity index (χ2v) is 5.10. The minimum atomic E-state index is 0.386. The van der Waals surface area contributed by atoms with Crippen molar-refractivity contribution in [3.8, 4) is 10.6 Å². The largest absolute Gasteiger partial charge is 0.384 e. The van der Waals surface area contributed by atoms with Crippen molar-refractivity contribution in [2.24, 2.45) is 0 Å². The lowest BCUT2D eigenvalue weighted by Gasteiger charge is -2.05. The van der Waals surface area contributed by atoms with Gasteiger partial charge in [0, 0.05) is 17.1 Å². The van der Waals surface area contributed by atoms with E-state index in [0.29, 0.717) is 24.9 Å². The second-order valence-electron chi connectivity index (χ2n) is 3.33. The van der Waals surface area contributed by atoms with Crippen molar-refractivity contribution in [2.75, 3.05) is 12.3 Å². The summed E-state index contributed by atoms with van der Waals surface area (Å²) in [6.07, 6.45) is 0. The number of thiophene rings is 1. The molecule has 2 aromatic rings. The van der Waals surface area contributed by atoms with Crippen molar-refractivity contribution >= 4 is 33.1 Å². The first-order valence-electron chi connectivity index (χ1n) is 5.15. The van der Waals surface area contributed by atoms with Crippen LogP contribution in [0, 0.1) is 0 Å². The quantitative estimate of drug-likeness (QED) is 0.942. The van der Waals surface area contributed by atoms with Crippen LogP contribution >= 0.6 is 27.3 Å². The van der Waals surface area contributed by atoms with Crippen LogP contribution in [0.25, 0.3) is 10.6 Å². The zero-order valence-corrected chi connectivity index (χ0v) is 11.7. The Morgan fingerprint density at radius 1 is 1.47 bits per heavy atom. The zero-order valence-electron chi connectivity index (χ0n) is 9.31. The number of hydrogen-bond donors (Lipinski definition) is 1. The molecule has 0 aromatic carbocycles. The molecule has 0 atom stereocenters. The second kappa shape index (κ2) is 5.57. The molecule has 4 nitrogen and oxygen atoms in total. The summed E-state index contributed by atoms with van der Waals surface area (Å²) in [7, 11) is 0. The van der Waals surface area contributed by atoms with E-state index in [-0.39, 0.29) is 0 Å². The summed E-state index contributed by atoms with van der Waals surface area (Å²) in [4.78, 5) is 9.63. The summed E-state index contributed by atoms with van der Waals surface area (Å²) >= 11 is 5.09. The first kappa shape index (κ1) is 12.5. The summed E-state index contributed by atoms with van der Waals surface area (Å²) in [5, 5.41) is 2.00. The maximum absolute atomic E-state index is 5.77. The Kier molecular flexibility index (Phi) is 4.09. The Morgan fingerprint density at radius 2 is 2.29 bits per heavy atom. The number of ether oxygens (including phenoxy) is 1. The van der Waals surface area contributed by atoms with Crippen molar-refractivity contribution in [3.63, 3.8) is 0 Å². The third-order valence-corrected chi connectivity index (χ3v) is 3.94. The van der Waals surface area contributed by atoms with Crippen LogP contribution in [0.4, 0.5) is 5.82 Å². The van der Waals surface area contributed by atoms with Crippen LogP contribution in [-0.2, 0) is 11.3 Å². The maximum atomic E-state index is 5.77. The molecule has 2 aromatic heterocycles. The molecule has 0 saturated heterocycles. The van der Waals surface area contributed by atoms with E-state index in [1.807, 2.05) is 18.4 Å². The van der Waals surface area contributed by atoms with Gasteiger partial charge in [0.15, 0.2) is 5.82 Å². The molecule has 0 saturated carbocycles. The molecule has 0 aliphatic heterocycles. The third kappa shape index (κ3) is 3.02. The summed E-state index contributed by atoms with van der Waals surface area (Å²) in [5.74, 6) is 1.08. The minimum absolute atomic E-state index is 0.386. The Balaban J connectivity index is 2.35. The zero-order chi connectivity index (χ0) is 12.3. The first-order chi connectivity index (χ1) is 8.20. The van der Waals surface area contributed by atoms with Gasteiger partial charge in [0.1, 0.15) is 12.4 Å². The van der Waals surface area contributed by atoms with Crippen molar-refractivity contribution in [1.29, 1.82) is 0 Å². The number of rotatable bonds is 4. The number of aromatic nitrogens is 2. The minimum Gasteiger partial charge on any atom is -0.384 e. The fraction of sp³-hybridized carbons (Fsp3) is 0.273. The van der Waals surface area contributed by atoms with Crippen LogP contribution in [0.15, 0.2) is 22.0 Å². The Hall–Kier alpha value is -0.980. The monoisotopic (exact) mass is 313 g/mol. The molecule has 0 unspecified atom stereocenters. The molecule has 6 heteroatoms. The fourth-order valence-corrected chi connectivity index (χ4v) is 2.91. The lowest BCUT2D eigenvalue weighted by atomic mass is 10.3. The lowest BCUT2D eigenvalue weighted by Crippen LogP contribution is -2.03. The number of nitrogens with zero attached hydrogens (tertiary/aromatic N) is 2. The standard InChI is InChI=1S/C11H12BrN3OS/c1-2-16-6-10-14-8(5-9(13)15-10)11-7(12)3-4-17-11/h3-5H,2,6H2,1H3,(H2,13,14,15). The van der Waals surface area contributed by atoms with Crippen LogP contribution in [-0.4, -0.2) is 16.6 Å². The number of nitrogen functional groups attached to an aromatic ring is 1. The molecule has 2 N–H and O–H groups in total. The Labute approximate surface area is 112 Å². The SMILES string of the molecule is CCOCc1nc(N)cc(-c2sccc2Br)n1. The van der Waals surface area contributed by atoms with Gasteiger partial charge in [0.05, 0.1) is 10.6 Å². The van der Waals surface area contributed by atoms with E-state index in [0.717, 1.165) is 15.0 Å². The van der Waals surface area contributed by atoms with Crippen LogP contribution in [0.3, 0.4) is 0 Å². The summed E-state index contributed by atoms with van der Waals surface area (Å²) in [6.45, 7) is 2.96. The van der Waals surface area contributed by atoms with Crippen molar-refractivity contribution in [3.05, 3.63) is 27.8 Å². The van der Waals surface area contributed by atoms with Crippen LogP contribution in [0.2, 0.25) is 0 Å². The normalized spacial score (nSPS) is 10.7.